The SMILES string of the molecule is CCCCCCCCCC/C=C/CCCCCCCCCC(=O)OCC(COCCC(C(=O)[O-])[N+](C)(C)C)OC(=O)CCCCCCCCCCCCCCCCC. The van der Waals surface area contributed by atoms with Gasteiger partial charge in [-0.25, -0.2) is 0 Å². The van der Waals surface area contributed by atoms with Crippen molar-refractivity contribution in [3.8, 4) is 0 Å². The van der Waals surface area contributed by atoms with Gasteiger partial charge in [-0.2, -0.15) is 0 Å². The van der Waals surface area contributed by atoms with E-state index >= 15 is 0 Å². The van der Waals surface area contributed by atoms with E-state index in [1.54, 1.807) is 21.1 Å². The second-order valence-electron chi connectivity index (χ2n) is 18.1. The topological polar surface area (TPSA) is 102 Å². The Morgan fingerprint density at radius 1 is 0.500 bits per heavy atom. The molecule has 0 aliphatic carbocycles. The Balaban J connectivity index is 4.24. The zero-order valence-electron chi connectivity index (χ0n) is 39.0. The molecule has 0 N–H and O–H groups in total. The fourth-order valence-corrected chi connectivity index (χ4v) is 7.54. The fraction of sp³-hybridized carbons (Fsp3) is 0.900. The minimum absolute atomic E-state index is 0.0455. The van der Waals surface area contributed by atoms with Crippen molar-refractivity contribution in [1.82, 2.24) is 0 Å². The molecule has 0 radical (unpaired) electrons. The molecule has 342 valence electrons. The maximum absolute atomic E-state index is 12.7. The minimum Gasteiger partial charge on any atom is -0.544 e. The Labute approximate surface area is 359 Å². The molecule has 8 nitrogen and oxygen atoms in total. The third kappa shape index (κ3) is 39.5. The lowest BCUT2D eigenvalue weighted by molar-refractivity contribution is -0.889. The number of allylic oxidation sites excluding steroid dienone is 2. The maximum atomic E-state index is 12.7. The van der Waals surface area contributed by atoms with Gasteiger partial charge in [0.1, 0.15) is 12.6 Å². The van der Waals surface area contributed by atoms with Crippen molar-refractivity contribution in [2.24, 2.45) is 0 Å². The molecule has 0 aliphatic rings. The lowest BCUT2D eigenvalue weighted by Crippen LogP contribution is -2.55. The second-order valence-corrected chi connectivity index (χ2v) is 18.1. The van der Waals surface area contributed by atoms with E-state index < -0.39 is 18.1 Å². The standard InChI is InChI=1S/C50H95NO7/c1-6-8-10-12-14-16-18-20-22-23-24-25-27-28-30-32-34-36-38-40-48(52)57-45-46(44-56-43-42-47(50(54)55)51(3,4)5)58-49(53)41-39-37-35-33-31-29-26-21-19-17-15-13-11-9-7-2/h23-24,46-47H,6-22,25-45H2,1-5H3/b24-23+. The molecule has 0 fully saturated rings. The molecule has 0 heterocycles. The number of hydrogen-bond acceptors (Lipinski definition) is 7. The van der Waals surface area contributed by atoms with Crippen molar-refractivity contribution in [3.63, 3.8) is 0 Å². The van der Waals surface area contributed by atoms with Crippen molar-refractivity contribution >= 4 is 17.9 Å². The van der Waals surface area contributed by atoms with Gasteiger partial charge in [0.05, 0.1) is 40.3 Å². The van der Waals surface area contributed by atoms with Crippen LogP contribution >= 0.6 is 0 Å². The largest absolute Gasteiger partial charge is 0.544 e. The molecule has 0 saturated heterocycles. The predicted octanol–water partition coefficient (Wildman–Crippen LogP) is 12.5. The van der Waals surface area contributed by atoms with Crippen molar-refractivity contribution < 1.29 is 38.2 Å². The van der Waals surface area contributed by atoms with E-state index in [4.69, 9.17) is 14.2 Å². The first-order valence-corrected chi connectivity index (χ1v) is 24.7. The van der Waals surface area contributed by atoms with E-state index in [1.807, 2.05) is 0 Å². The number of ether oxygens (including phenoxy) is 3. The quantitative estimate of drug-likeness (QED) is 0.0261. The molecule has 8 heteroatoms. The summed E-state index contributed by atoms with van der Waals surface area (Å²) in [6.07, 6.45) is 45.2. The first-order chi connectivity index (χ1) is 28.1. The first-order valence-electron chi connectivity index (χ1n) is 24.7. The number of hydrogen-bond donors (Lipinski definition) is 0. The third-order valence-electron chi connectivity index (χ3n) is 11.4. The molecule has 0 spiro atoms. The molecule has 2 atom stereocenters. The molecule has 0 bridgehead atoms. The van der Waals surface area contributed by atoms with Gasteiger partial charge >= 0.3 is 11.9 Å². The van der Waals surface area contributed by atoms with Crippen molar-refractivity contribution in [1.29, 1.82) is 0 Å². The number of quaternary nitrogens is 1. The van der Waals surface area contributed by atoms with Gasteiger partial charge in [-0.3, -0.25) is 9.59 Å². The lowest BCUT2D eigenvalue weighted by Gasteiger charge is -2.34. The van der Waals surface area contributed by atoms with Gasteiger partial charge < -0.3 is 28.6 Å². The highest BCUT2D eigenvalue weighted by atomic mass is 16.6. The van der Waals surface area contributed by atoms with E-state index in [9.17, 15) is 19.5 Å². The van der Waals surface area contributed by atoms with Crippen LogP contribution in [-0.4, -0.2) is 75.5 Å². The molecule has 0 amide bonds. The van der Waals surface area contributed by atoms with Crippen LogP contribution in [0.25, 0.3) is 0 Å². The smallest absolute Gasteiger partial charge is 0.306 e. The third-order valence-corrected chi connectivity index (χ3v) is 11.4. The summed E-state index contributed by atoms with van der Waals surface area (Å²) in [5.74, 6) is -1.72. The molecule has 0 rings (SSSR count). The summed E-state index contributed by atoms with van der Waals surface area (Å²) < 4.78 is 17.2. The van der Waals surface area contributed by atoms with Gasteiger partial charge in [0.2, 0.25) is 0 Å². The van der Waals surface area contributed by atoms with Crippen molar-refractivity contribution in [2.75, 3.05) is 41.0 Å². The highest BCUT2D eigenvalue weighted by Gasteiger charge is 2.25. The Bertz CT molecular complexity index is 962. The summed E-state index contributed by atoms with van der Waals surface area (Å²) in [5.41, 5.74) is 0. The second kappa shape index (κ2) is 41.8. The number of nitrogens with zero attached hydrogens (tertiary/aromatic N) is 1. The summed E-state index contributed by atoms with van der Waals surface area (Å²) in [4.78, 5) is 36.9. The Hall–Kier alpha value is -1.93. The number of carbonyl (C=O) groups is 3. The van der Waals surface area contributed by atoms with E-state index in [2.05, 4.69) is 26.0 Å². The van der Waals surface area contributed by atoms with Crippen LogP contribution in [0.3, 0.4) is 0 Å². The Morgan fingerprint density at radius 3 is 1.24 bits per heavy atom. The molecule has 58 heavy (non-hydrogen) atoms. The number of unbranched alkanes of at least 4 members (excludes halogenated alkanes) is 29. The average Bonchev–Trinajstić information content (AvgIpc) is 3.18. The van der Waals surface area contributed by atoms with Gasteiger partial charge in [-0.05, 0) is 38.5 Å². The zero-order valence-corrected chi connectivity index (χ0v) is 39.0. The van der Waals surface area contributed by atoms with Crippen LogP contribution in [0, 0.1) is 0 Å². The van der Waals surface area contributed by atoms with Gasteiger partial charge in [0.25, 0.3) is 0 Å². The number of likely N-dealkylation sites (N-methyl/N-ethyl adjacent to an activating group) is 1. The molecule has 0 aromatic rings. The molecule has 2 unspecified atom stereocenters. The van der Waals surface area contributed by atoms with Crippen LogP contribution < -0.4 is 5.11 Å². The summed E-state index contributed by atoms with van der Waals surface area (Å²) in [6, 6.07) is -0.722. The fourth-order valence-electron chi connectivity index (χ4n) is 7.54. The number of carboxylic acid groups (broad SMARTS) is 1. The Morgan fingerprint density at radius 2 is 0.862 bits per heavy atom. The summed E-state index contributed by atoms with van der Waals surface area (Å²) in [7, 11) is 5.42. The van der Waals surface area contributed by atoms with E-state index in [0.29, 0.717) is 12.8 Å². The van der Waals surface area contributed by atoms with Crippen LogP contribution in [-0.2, 0) is 28.6 Å². The highest BCUT2D eigenvalue weighted by Crippen LogP contribution is 2.16. The lowest BCUT2D eigenvalue weighted by atomic mass is 10.0. The van der Waals surface area contributed by atoms with E-state index in [1.165, 1.54) is 167 Å². The number of esters is 2. The molecule has 0 aromatic heterocycles. The van der Waals surface area contributed by atoms with Crippen LogP contribution in [0.4, 0.5) is 0 Å². The van der Waals surface area contributed by atoms with Crippen LogP contribution in [0.2, 0.25) is 0 Å². The number of carboxylic acids is 1. The van der Waals surface area contributed by atoms with Gasteiger partial charge in [0, 0.05) is 19.3 Å². The van der Waals surface area contributed by atoms with Gasteiger partial charge in [0.15, 0.2) is 6.10 Å². The van der Waals surface area contributed by atoms with Crippen molar-refractivity contribution in [3.05, 3.63) is 12.2 Å². The maximum Gasteiger partial charge on any atom is 0.306 e. The summed E-state index contributed by atoms with van der Waals surface area (Å²) >= 11 is 0. The number of aliphatic carboxylic acids is 1. The molecule has 0 aromatic carbocycles. The van der Waals surface area contributed by atoms with E-state index in [0.717, 1.165) is 38.5 Å². The van der Waals surface area contributed by atoms with E-state index in [-0.39, 0.29) is 42.7 Å². The summed E-state index contributed by atoms with van der Waals surface area (Å²) in [6.45, 7) is 4.70. The van der Waals surface area contributed by atoms with Crippen molar-refractivity contribution in [2.45, 2.75) is 251 Å². The van der Waals surface area contributed by atoms with Crippen LogP contribution in [0.15, 0.2) is 12.2 Å². The molecule has 0 saturated carbocycles. The molecular formula is C50H95NO7. The number of carbonyl (C=O) groups excluding carboxylic acids is 3. The normalized spacial score (nSPS) is 12.9. The monoisotopic (exact) mass is 822 g/mol. The van der Waals surface area contributed by atoms with Gasteiger partial charge in [-0.1, -0.05) is 193 Å². The first kappa shape index (κ1) is 56.1. The zero-order chi connectivity index (χ0) is 42.8. The molecular weight excluding hydrogens is 727 g/mol. The highest BCUT2D eigenvalue weighted by molar-refractivity contribution is 5.70. The average molecular weight is 822 g/mol. The Kier molecular flexibility index (Phi) is 40.4. The van der Waals surface area contributed by atoms with Crippen LogP contribution in [0.1, 0.15) is 239 Å². The van der Waals surface area contributed by atoms with Gasteiger partial charge in [-0.15, -0.1) is 0 Å². The molecule has 0 aliphatic heterocycles. The summed E-state index contributed by atoms with van der Waals surface area (Å²) in [5, 5.41) is 11.6. The predicted molar refractivity (Wildman–Crippen MR) is 241 cm³/mol. The number of rotatable bonds is 45. The van der Waals surface area contributed by atoms with Crippen LogP contribution in [0.5, 0.6) is 0 Å². The minimum atomic E-state index is -1.12.